The topological polar surface area (TPSA) is 65.5 Å². The smallest absolute Gasteiger partial charge is 0.335 e. The van der Waals surface area contributed by atoms with Crippen LogP contribution in [0.5, 0.6) is 5.75 Å². The molecule has 0 radical (unpaired) electrons. The number of hydrogen-bond donors (Lipinski definition) is 1. The highest BCUT2D eigenvalue weighted by Crippen LogP contribution is 2.32. The number of aromatic carboxylic acids is 1. The number of benzene rings is 3. The van der Waals surface area contributed by atoms with E-state index in [1.807, 2.05) is 12.1 Å². The molecular weight excluding hydrogens is 502 g/mol. The van der Waals surface area contributed by atoms with Crippen molar-refractivity contribution in [1.29, 1.82) is 0 Å². The third-order valence-corrected chi connectivity index (χ3v) is 8.20. The lowest BCUT2D eigenvalue weighted by atomic mass is 9.89. The number of carbonyl (C=O) groups is 1. The summed E-state index contributed by atoms with van der Waals surface area (Å²) in [4.78, 5) is 18.4. The summed E-state index contributed by atoms with van der Waals surface area (Å²) in [6.07, 6.45) is 4.36. The van der Waals surface area contributed by atoms with E-state index in [1.165, 1.54) is 16.9 Å². The first-order valence-corrected chi connectivity index (χ1v) is 14.5. The minimum atomic E-state index is -0.884. The molecule has 3 aromatic carbocycles. The lowest BCUT2D eigenvalue weighted by molar-refractivity contribution is 0.0697. The summed E-state index contributed by atoms with van der Waals surface area (Å²) in [5, 5.41) is 9.13. The molecule has 7 nitrogen and oxygen atoms in total. The first kappa shape index (κ1) is 27.8. The van der Waals surface area contributed by atoms with Gasteiger partial charge in [-0.05, 0) is 97.8 Å². The molecule has 212 valence electrons. The minimum absolute atomic E-state index is 0.330. The summed E-state index contributed by atoms with van der Waals surface area (Å²) in [6.45, 7) is 7.40. The molecule has 2 aliphatic heterocycles. The Bertz CT molecular complexity index is 1200. The van der Waals surface area contributed by atoms with Crippen molar-refractivity contribution in [2.75, 3.05) is 74.3 Å². The standard InChI is InChI=1S/C33H41N3O4/c1-39-24-2-3-25-40-32-14-6-26(7-15-32)27-16-18-34(19-17-27)30-10-12-31(13-11-30)36-22-20-35(21-23-36)29-8-4-28(5-9-29)33(37)38/h4-15,27H,2-3,16-25H2,1H3,(H,37,38). The van der Waals surface area contributed by atoms with Gasteiger partial charge in [-0.25, -0.2) is 4.79 Å². The molecule has 2 saturated heterocycles. The fraction of sp³-hybridized carbons (Fsp3) is 0.424. The molecule has 0 atom stereocenters. The van der Waals surface area contributed by atoms with Crippen molar-refractivity contribution in [3.63, 3.8) is 0 Å². The summed E-state index contributed by atoms with van der Waals surface area (Å²) < 4.78 is 11.0. The van der Waals surface area contributed by atoms with Crippen LogP contribution in [0.2, 0.25) is 0 Å². The molecule has 2 heterocycles. The van der Waals surface area contributed by atoms with Gasteiger partial charge in [0.2, 0.25) is 0 Å². The SMILES string of the molecule is COCCCCOc1ccc(C2CCN(c3ccc(N4CCN(c5ccc(C(=O)O)cc5)CC4)cc3)CC2)cc1. The largest absolute Gasteiger partial charge is 0.494 e. The van der Waals surface area contributed by atoms with Gasteiger partial charge in [-0.1, -0.05) is 12.1 Å². The van der Waals surface area contributed by atoms with Gasteiger partial charge in [0.1, 0.15) is 5.75 Å². The van der Waals surface area contributed by atoms with Crippen LogP contribution in [-0.4, -0.2) is 70.7 Å². The summed E-state index contributed by atoms with van der Waals surface area (Å²) in [5.41, 5.74) is 5.40. The van der Waals surface area contributed by atoms with E-state index < -0.39 is 5.97 Å². The van der Waals surface area contributed by atoms with Crippen molar-refractivity contribution in [3.8, 4) is 5.75 Å². The van der Waals surface area contributed by atoms with Gasteiger partial charge in [0.05, 0.1) is 12.2 Å². The number of carboxylic acid groups (broad SMARTS) is 1. The van der Waals surface area contributed by atoms with Crippen molar-refractivity contribution >= 4 is 23.0 Å². The van der Waals surface area contributed by atoms with Crippen LogP contribution in [0.1, 0.15) is 47.5 Å². The minimum Gasteiger partial charge on any atom is -0.494 e. The number of nitrogens with zero attached hydrogens (tertiary/aromatic N) is 3. The number of piperazine rings is 1. The van der Waals surface area contributed by atoms with Crippen molar-refractivity contribution in [2.24, 2.45) is 0 Å². The Morgan fingerprint density at radius 3 is 1.68 bits per heavy atom. The molecule has 0 spiro atoms. The number of carboxylic acids is 1. The summed E-state index contributed by atoms with van der Waals surface area (Å²) in [6, 6.07) is 25.0. The number of ether oxygens (including phenoxy) is 2. The lowest BCUT2D eigenvalue weighted by Gasteiger charge is -2.38. The average Bonchev–Trinajstić information content (AvgIpc) is 3.02. The molecular formula is C33H41N3O4. The maximum atomic E-state index is 11.1. The number of methoxy groups -OCH3 is 1. The van der Waals surface area contributed by atoms with Gasteiger partial charge in [-0.2, -0.15) is 0 Å². The van der Waals surface area contributed by atoms with E-state index in [4.69, 9.17) is 14.6 Å². The molecule has 7 heteroatoms. The molecule has 0 amide bonds. The van der Waals surface area contributed by atoms with E-state index in [-0.39, 0.29) is 0 Å². The molecule has 0 aliphatic carbocycles. The Kier molecular flexibility index (Phi) is 9.45. The van der Waals surface area contributed by atoms with E-state index in [9.17, 15) is 4.79 Å². The molecule has 2 fully saturated rings. The summed E-state index contributed by atoms with van der Waals surface area (Å²) in [7, 11) is 1.74. The van der Waals surface area contributed by atoms with Crippen molar-refractivity contribution < 1.29 is 19.4 Å². The maximum Gasteiger partial charge on any atom is 0.335 e. The Balaban J connectivity index is 1.06. The third-order valence-electron chi connectivity index (χ3n) is 8.20. The second kappa shape index (κ2) is 13.6. The quantitative estimate of drug-likeness (QED) is 0.302. The zero-order valence-electron chi connectivity index (χ0n) is 23.5. The molecule has 0 aromatic heterocycles. The second-order valence-corrected chi connectivity index (χ2v) is 10.7. The normalized spacial score (nSPS) is 16.3. The first-order chi connectivity index (χ1) is 19.6. The van der Waals surface area contributed by atoms with Crippen LogP contribution in [0.3, 0.4) is 0 Å². The highest BCUT2D eigenvalue weighted by Gasteiger charge is 2.22. The molecule has 3 aromatic rings. The van der Waals surface area contributed by atoms with Crippen LogP contribution in [0.25, 0.3) is 0 Å². The van der Waals surface area contributed by atoms with Crippen molar-refractivity contribution in [1.82, 2.24) is 0 Å². The molecule has 0 saturated carbocycles. The number of piperidine rings is 1. The zero-order valence-corrected chi connectivity index (χ0v) is 23.5. The van der Waals surface area contributed by atoms with Crippen LogP contribution in [-0.2, 0) is 4.74 Å². The Morgan fingerprint density at radius 2 is 1.18 bits per heavy atom. The van der Waals surface area contributed by atoms with Crippen molar-refractivity contribution in [2.45, 2.75) is 31.6 Å². The van der Waals surface area contributed by atoms with Gasteiger partial charge < -0.3 is 29.3 Å². The fourth-order valence-electron chi connectivity index (χ4n) is 5.76. The second-order valence-electron chi connectivity index (χ2n) is 10.7. The molecule has 40 heavy (non-hydrogen) atoms. The maximum absolute atomic E-state index is 11.1. The molecule has 0 unspecified atom stereocenters. The van der Waals surface area contributed by atoms with E-state index in [1.54, 1.807) is 19.2 Å². The van der Waals surface area contributed by atoms with E-state index in [0.29, 0.717) is 11.5 Å². The Labute approximate surface area is 237 Å². The highest BCUT2D eigenvalue weighted by atomic mass is 16.5. The Morgan fingerprint density at radius 1 is 0.700 bits per heavy atom. The Hall–Kier alpha value is -3.71. The predicted octanol–water partition coefficient (Wildman–Crippen LogP) is 5.90. The molecule has 1 N–H and O–H groups in total. The van der Waals surface area contributed by atoms with Crippen LogP contribution in [0.15, 0.2) is 72.8 Å². The monoisotopic (exact) mass is 543 g/mol. The average molecular weight is 544 g/mol. The highest BCUT2D eigenvalue weighted by molar-refractivity contribution is 5.88. The summed E-state index contributed by atoms with van der Waals surface area (Å²) >= 11 is 0. The van der Waals surface area contributed by atoms with Crippen LogP contribution < -0.4 is 19.4 Å². The first-order valence-electron chi connectivity index (χ1n) is 14.5. The fourth-order valence-corrected chi connectivity index (χ4v) is 5.76. The van der Waals surface area contributed by atoms with Crippen LogP contribution in [0, 0.1) is 0 Å². The number of anilines is 3. The van der Waals surface area contributed by atoms with Gasteiger partial charge in [-0.3, -0.25) is 0 Å². The molecule has 2 aliphatic rings. The third kappa shape index (κ3) is 7.07. The summed E-state index contributed by atoms with van der Waals surface area (Å²) in [5.74, 6) is 0.669. The van der Waals surface area contributed by atoms with E-state index >= 15 is 0 Å². The van der Waals surface area contributed by atoms with Gasteiger partial charge >= 0.3 is 5.97 Å². The van der Waals surface area contributed by atoms with Gasteiger partial charge in [0.15, 0.2) is 0 Å². The van der Waals surface area contributed by atoms with Crippen molar-refractivity contribution in [3.05, 3.63) is 83.9 Å². The van der Waals surface area contributed by atoms with Crippen LogP contribution in [0.4, 0.5) is 17.1 Å². The lowest BCUT2D eigenvalue weighted by Crippen LogP contribution is -2.46. The van der Waals surface area contributed by atoms with Gasteiger partial charge in [0, 0.05) is 70.0 Å². The van der Waals surface area contributed by atoms with E-state index in [2.05, 4.69) is 63.2 Å². The number of unbranched alkanes of at least 4 members (excludes halogenated alkanes) is 1. The van der Waals surface area contributed by atoms with Crippen LogP contribution >= 0.6 is 0 Å². The van der Waals surface area contributed by atoms with E-state index in [0.717, 1.165) is 89.6 Å². The molecule has 5 rings (SSSR count). The predicted molar refractivity (Wildman–Crippen MR) is 162 cm³/mol. The zero-order chi connectivity index (χ0) is 27.7. The number of rotatable bonds is 11. The van der Waals surface area contributed by atoms with Gasteiger partial charge in [0.25, 0.3) is 0 Å². The molecule has 0 bridgehead atoms. The number of hydrogen-bond acceptors (Lipinski definition) is 6. The van der Waals surface area contributed by atoms with Gasteiger partial charge in [-0.15, -0.1) is 0 Å².